The van der Waals surface area contributed by atoms with Crippen molar-refractivity contribution in [1.82, 2.24) is 9.78 Å². The number of rotatable bonds is 5. The van der Waals surface area contributed by atoms with Crippen molar-refractivity contribution < 1.29 is 4.79 Å². The first-order valence-electron chi connectivity index (χ1n) is 8.73. The normalized spacial score (nSPS) is 25.1. The predicted molar refractivity (Wildman–Crippen MR) is 97.7 cm³/mol. The summed E-state index contributed by atoms with van der Waals surface area (Å²) in [6.45, 7) is 0.657. The van der Waals surface area contributed by atoms with Crippen LogP contribution < -0.4 is 5.32 Å². The van der Waals surface area contributed by atoms with E-state index in [0.29, 0.717) is 18.9 Å². The third-order valence-electron chi connectivity index (χ3n) is 5.56. The van der Waals surface area contributed by atoms with Gasteiger partial charge in [-0.3, -0.25) is 4.79 Å². The van der Waals surface area contributed by atoms with Crippen LogP contribution in [0, 0.1) is 17.8 Å². The molecule has 4 nitrogen and oxygen atoms in total. The fraction of sp³-hybridized carbons (Fsp3) is 0.474. The first-order chi connectivity index (χ1) is 11.7. The Kier molecular flexibility index (Phi) is 4.44. The summed E-state index contributed by atoms with van der Waals surface area (Å²) < 4.78 is 2.91. The molecule has 2 bridgehead atoms. The van der Waals surface area contributed by atoms with E-state index in [-0.39, 0.29) is 5.91 Å². The smallest absolute Gasteiger partial charge is 0.225 e. The molecular weight excluding hydrogens is 366 g/mol. The average Bonchev–Trinajstić information content (AvgIpc) is 3.27. The van der Waals surface area contributed by atoms with Crippen molar-refractivity contribution in [2.45, 2.75) is 38.6 Å². The van der Waals surface area contributed by atoms with Gasteiger partial charge in [-0.2, -0.15) is 5.10 Å². The highest BCUT2D eigenvalue weighted by Gasteiger charge is 2.40. The second-order valence-electron chi connectivity index (χ2n) is 7.19. The van der Waals surface area contributed by atoms with Gasteiger partial charge in [0.1, 0.15) is 5.82 Å². The molecule has 0 saturated heterocycles. The molecule has 1 heterocycles. The van der Waals surface area contributed by atoms with Gasteiger partial charge in [-0.05, 0) is 54.7 Å². The molecule has 5 heteroatoms. The SMILES string of the molecule is O=C(CC1CC2CCC1C2)Nc1ccnn1Cc1ccc(Br)cc1. The third-order valence-corrected chi connectivity index (χ3v) is 6.09. The molecule has 1 aromatic heterocycles. The number of fused-ring (bicyclic) bond motifs is 2. The van der Waals surface area contributed by atoms with E-state index in [4.69, 9.17) is 0 Å². The Morgan fingerprint density at radius 1 is 1.21 bits per heavy atom. The number of hydrogen-bond donors (Lipinski definition) is 1. The quantitative estimate of drug-likeness (QED) is 0.822. The molecule has 2 aromatic rings. The molecule has 126 valence electrons. The van der Waals surface area contributed by atoms with Crippen LogP contribution in [0.15, 0.2) is 41.0 Å². The summed E-state index contributed by atoms with van der Waals surface area (Å²) in [5, 5.41) is 7.41. The highest BCUT2D eigenvalue weighted by atomic mass is 79.9. The van der Waals surface area contributed by atoms with E-state index in [9.17, 15) is 4.79 Å². The van der Waals surface area contributed by atoms with Crippen LogP contribution in [0.4, 0.5) is 5.82 Å². The Labute approximate surface area is 150 Å². The number of hydrogen-bond acceptors (Lipinski definition) is 2. The summed E-state index contributed by atoms with van der Waals surface area (Å²) in [4.78, 5) is 12.4. The lowest BCUT2D eigenvalue weighted by molar-refractivity contribution is -0.117. The molecule has 0 spiro atoms. The number of benzene rings is 1. The molecule has 24 heavy (non-hydrogen) atoms. The summed E-state index contributed by atoms with van der Waals surface area (Å²) in [7, 11) is 0. The summed E-state index contributed by atoms with van der Waals surface area (Å²) in [6.07, 6.45) is 7.69. The topological polar surface area (TPSA) is 46.9 Å². The van der Waals surface area contributed by atoms with Crippen molar-refractivity contribution in [2.24, 2.45) is 17.8 Å². The number of carbonyl (C=O) groups excluding carboxylic acids is 1. The Balaban J connectivity index is 1.37. The summed E-state index contributed by atoms with van der Waals surface area (Å²) in [6, 6.07) is 10.0. The van der Waals surface area contributed by atoms with Crippen molar-refractivity contribution in [2.75, 3.05) is 5.32 Å². The van der Waals surface area contributed by atoms with E-state index >= 15 is 0 Å². The Morgan fingerprint density at radius 3 is 2.75 bits per heavy atom. The van der Waals surface area contributed by atoms with Crippen LogP contribution in [0.5, 0.6) is 0 Å². The molecule has 1 N–H and O–H groups in total. The van der Waals surface area contributed by atoms with Gasteiger partial charge >= 0.3 is 0 Å². The van der Waals surface area contributed by atoms with E-state index in [0.717, 1.165) is 27.7 Å². The highest BCUT2D eigenvalue weighted by Crippen LogP contribution is 2.49. The molecule has 1 amide bonds. The van der Waals surface area contributed by atoms with Crippen LogP contribution in [0.1, 0.15) is 37.7 Å². The second kappa shape index (κ2) is 6.71. The van der Waals surface area contributed by atoms with Gasteiger partial charge in [-0.1, -0.05) is 34.5 Å². The summed E-state index contributed by atoms with van der Waals surface area (Å²) in [5.41, 5.74) is 1.16. The molecular formula is C19H22BrN3O. The molecule has 0 aliphatic heterocycles. The van der Waals surface area contributed by atoms with E-state index in [2.05, 4.69) is 38.5 Å². The fourth-order valence-corrected chi connectivity index (χ4v) is 4.65. The van der Waals surface area contributed by atoms with E-state index in [1.165, 1.54) is 25.7 Å². The minimum absolute atomic E-state index is 0.130. The van der Waals surface area contributed by atoms with Crippen molar-refractivity contribution >= 4 is 27.7 Å². The van der Waals surface area contributed by atoms with Crippen LogP contribution in [0.3, 0.4) is 0 Å². The first kappa shape index (κ1) is 15.9. The van der Waals surface area contributed by atoms with Gasteiger partial charge in [0.05, 0.1) is 12.7 Å². The number of amides is 1. The Hall–Kier alpha value is -1.62. The molecule has 2 fully saturated rings. The van der Waals surface area contributed by atoms with Crippen molar-refractivity contribution in [3.8, 4) is 0 Å². The molecule has 0 radical (unpaired) electrons. The maximum absolute atomic E-state index is 12.4. The zero-order valence-electron chi connectivity index (χ0n) is 13.6. The third kappa shape index (κ3) is 3.41. The highest BCUT2D eigenvalue weighted by molar-refractivity contribution is 9.10. The Bertz CT molecular complexity index is 724. The number of nitrogens with one attached hydrogen (secondary N) is 1. The molecule has 2 aliphatic carbocycles. The van der Waals surface area contributed by atoms with Crippen LogP contribution in [-0.2, 0) is 11.3 Å². The first-order valence-corrected chi connectivity index (χ1v) is 9.53. The zero-order chi connectivity index (χ0) is 16.5. The fourth-order valence-electron chi connectivity index (χ4n) is 4.39. The number of halogens is 1. The predicted octanol–water partition coefficient (Wildman–Crippen LogP) is 4.46. The number of anilines is 1. The van der Waals surface area contributed by atoms with Crippen molar-refractivity contribution in [3.05, 3.63) is 46.6 Å². The van der Waals surface area contributed by atoms with Gasteiger partial charge in [0.2, 0.25) is 5.91 Å². The average molecular weight is 388 g/mol. The summed E-state index contributed by atoms with van der Waals surface area (Å²) in [5.74, 6) is 3.17. The van der Waals surface area contributed by atoms with Crippen LogP contribution in [0.25, 0.3) is 0 Å². The van der Waals surface area contributed by atoms with E-state index in [1.54, 1.807) is 6.20 Å². The Morgan fingerprint density at radius 2 is 2.04 bits per heavy atom. The monoisotopic (exact) mass is 387 g/mol. The van der Waals surface area contributed by atoms with Gasteiger partial charge in [0.15, 0.2) is 0 Å². The summed E-state index contributed by atoms with van der Waals surface area (Å²) >= 11 is 3.45. The minimum Gasteiger partial charge on any atom is -0.311 e. The van der Waals surface area contributed by atoms with E-state index in [1.807, 2.05) is 22.9 Å². The van der Waals surface area contributed by atoms with Crippen LogP contribution in [0.2, 0.25) is 0 Å². The van der Waals surface area contributed by atoms with Crippen molar-refractivity contribution in [3.63, 3.8) is 0 Å². The molecule has 3 unspecified atom stereocenters. The lowest BCUT2D eigenvalue weighted by Gasteiger charge is -2.21. The zero-order valence-corrected chi connectivity index (χ0v) is 15.2. The molecule has 3 atom stereocenters. The van der Waals surface area contributed by atoms with Gasteiger partial charge < -0.3 is 5.32 Å². The molecule has 2 aliphatic rings. The molecule has 4 rings (SSSR count). The van der Waals surface area contributed by atoms with Crippen LogP contribution in [-0.4, -0.2) is 15.7 Å². The lowest BCUT2D eigenvalue weighted by atomic mass is 9.86. The second-order valence-corrected chi connectivity index (χ2v) is 8.10. The number of carbonyl (C=O) groups is 1. The number of nitrogens with zero attached hydrogens (tertiary/aromatic N) is 2. The minimum atomic E-state index is 0.130. The van der Waals surface area contributed by atoms with E-state index < -0.39 is 0 Å². The van der Waals surface area contributed by atoms with Crippen LogP contribution >= 0.6 is 15.9 Å². The lowest BCUT2D eigenvalue weighted by Crippen LogP contribution is -2.22. The van der Waals surface area contributed by atoms with Gasteiger partial charge in [0, 0.05) is 17.0 Å². The number of aromatic nitrogens is 2. The molecule has 2 saturated carbocycles. The standard InChI is InChI=1S/C19H22BrN3O/c20-17-5-2-13(3-6-17)12-23-18(7-8-21-23)22-19(24)11-16-10-14-1-4-15(16)9-14/h2-3,5-8,14-16H,1,4,9-12H2,(H,22,24). The van der Waals surface area contributed by atoms with Crippen molar-refractivity contribution in [1.29, 1.82) is 0 Å². The maximum atomic E-state index is 12.4. The molecule has 1 aromatic carbocycles. The maximum Gasteiger partial charge on any atom is 0.225 e. The van der Waals surface area contributed by atoms with Gasteiger partial charge in [-0.15, -0.1) is 0 Å². The van der Waals surface area contributed by atoms with Gasteiger partial charge in [-0.25, -0.2) is 4.68 Å². The van der Waals surface area contributed by atoms with Gasteiger partial charge in [0.25, 0.3) is 0 Å². The largest absolute Gasteiger partial charge is 0.311 e.